The van der Waals surface area contributed by atoms with Crippen LogP contribution in [0.2, 0.25) is 0 Å². The normalized spacial score (nSPS) is 37.4. The van der Waals surface area contributed by atoms with Crippen molar-refractivity contribution in [2.75, 3.05) is 7.11 Å². The Morgan fingerprint density at radius 3 is 3.10 bits per heavy atom. The van der Waals surface area contributed by atoms with Gasteiger partial charge in [0.15, 0.2) is 0 Å². The first-order valence-electron chi connectivity index (χ1n) is 7.88. The Balaban J connectivity index is 1.39. The smallest absolute Gasteiger partial charge is 0.119 e. The maximum Gasteiger partial charge on any atom is 0.119 e. The van der Waals surface area contributed by atoms with E-state index in [1.165, 1.54) is 24.8 Å². The van der Waals surface area contributed by atoms with E-state index >= 15 is 0 Å². The minimum absolute atomic E-state index is 0.729. The average molecular weight is 269 g/mol. The standard InChI is InChI=1S/C18H23NO/c1-20-14-5-2-4-12(8-14)11-19-18-10-13-9-17(18)16-7-3-6-15(13)16/h2-6,8,13,15-19H,7,9-11H2,1H3/t13?,15-,16-,17?,18+/m0/s1. The number of fused-ring (bicyclic) bond motifs is 5. The minimum Gasteiger partial charge on any atom is -0.497 e. The highest BCUT2D eigenvalue weighted by atomic mass is 16.5. The number of benzene rings is 1. The summed E-state index contributed by atoms with van der Waals surface area (Å²) in [6, 6.07) is 9.14. The van der Waals surface area contributed by atoms with Gasteiger partial charge in [-0.2, -0.15) is 0 Å². The average Bonchev–Trinajstić information content (AvgIpc) is 3.17. The fourth-order valence-electron chi connectivity index (χ4n) is 4.82. The van der Waals surface area contributed by atoms with Crippen LogP contribution < -0.4 is 10.1 Å². The molecule has 0 saturated heterocycles. The van der Waals surface area contributed by atoms with Crippen molar-refractivity contribution in [1.29, 1.82) is 0 Å². The molecule has 2 unspecified atom stereocenters. The van der Waals surface area contributed by atoms with Crippen LogP contribution in [0.3, 0.4) is 0 Å². The van der Waals surface area contributed by atoms with E-state index in [0.29, 0.717) is 0 Å². The van der Waals surface area contributed by atoms with Gasteiger partial charge in [-0.1, -0.05) is 24.3 Å². The van der Waals surface area contributed by atoms with Gasteiger partial charge in [0, 0.05) is 12.6 Å². The van der Waals surface area contributed by atoms with Crippen LogP contribution in [0.25, 0.3) is 0 Å². The third-order valence-corrected chi connectivity index (χ3v) is 5.71. The Labute approximate surface area is 121 Å². The Bertz CT molecular complexity index is 524. The molecule has 1 aromatic rings. The largest absolute Gasteiger partial charge is 0.497 e. The predicted molar refractivity (Wildman–Crippen MR) is 80.6 cm³/mol. The van der Waals surface area contributed by atoms with E-state index in [1.807, 2.05) is 6.07 Å². The molecule has 1 aromatic carbocycles. The van der Waals surface area contributed by atoms with Crippen molar-refractivity contribution in [3.8, 4) is 5.75 Å². The summed E-state index contributed by atoms with van der Waals surface area (Å²) in [4.78, 5) is 0. The molecule has 2 saturated carbocycles. The van der Waals surface area contributed by atoms with Gasteiger partial charge in [-0.15, -0.1) is 0 Å². The molecule has 1 N–H and O–H groups in total. The van der Waals surface area contributed by atoms with Gasteiger partial charge in [-0.05, 0) is 60.6 Å². The van der Waals surface area contributed by atoms with Crippen molar-refractivity contribution >= 4 is 0 Å². The Morgan fingerprint density at radius 1 is 1.25 bits per heavy atom. The lowest BCUT2D eigenvalue weighted by atomic mass is 9.79. The number of hydrogen-bond acceptors (Lipinski definition) is 2. The van der Waals surface area contributed by atoms with Crippen molar-refractivity contribution in [3.05, 3.63) is 42.0 Å². The molecule has 2 heteroatoms. The quantitative estimate of drug-likeness (QED) is 0.846. The molecule has 2 fully saturated rings. The zero-order valence-electron chi connectivity index (χ0n) is 12.1. The van der Waals surface area contributed by atoms with Crippen LogP contribution in [0.15, 0.2) is 36.4 Å². The van der Waals surface area contributed by atoms with Gasteiger partial charge in [0.1, 0.15) is 5.75 Å². The zero-order valence-corrected chi connectivity index (χ0v) is 12.1. The molecule has 0 aromatic heterocycles. The van der Waals surface area contributed by atoms with E-state index in [9.17, 15) is 0 Å². The minimum atomic E-state index is 0.729. The molecule has 2 nitrogen and oxygen atoms in total. The monoisotopic (exact) mass is 269 g/mol. The third kappa shape index (κ3) is 1.98. The summed E-state index contributed by atoms with van der Waals surface area (Å²) in [5.41, 5.74) is 1.33. The van der Waals surface area contributed by atoms with E-state index in [2.05, 4.69) is 35.7 Å². The first kappa shape index (κ1) is 12.5. The molecule has 2 bridgehead atoms. The highest BCUT2D eigenvalue weighted by Crippen LogP contribution is 2.56. The maximum atomic E-state index is 5.30. The highest BCUT2D eigenvalue weighted by molar-refractivity contribution is 5.28. The first-order chi connectivity index (χ1) is 9.85. The first-order valence-corrected chi connectivity index (χ1v) is 7.88. The second kappa shape index (κ2) is 4.92. The second-order valence-electron chi connectivity index (χ2n) is 6.64. The van der Waals surface area contributed by atoms with Gasteiger partial charge in [-0.25, -0.2) is 0 Å². The Hall–Kier alpha value is -1.28. The fraction of sp³-hybridized carbons (Fsp3) is 0.556. The molecule has 4 rings (SSSR count). The SMILES string of the molecule is COc1cccc(CN[C@@H]2CC3CC2[C@H]2CC=C[C@@H]32)c1. The summed E-state index contributed by atoms with van der Waals surface area (Å²) in [6.07, 6.45) is 9.06. The molecule has 3 aliphatic carbocycles. The number of allylic oxidation sites excluding steroid dienone is 2. The number of hydrogen-bond donors (Lipinski definition) is 1. The predicted octanol–water partition coefficient (Wildman–Crippen LogP) is 3.39. The van der Waals surface area contributed by atoms with Gasteiger partial charge in [0.05, 0.1) is 7.11 Å². The van der Waals surface area contributed by atoms with Crippen LogP contribution in [-0.4, -0.2) is 13.2 Å². The topological polar surface area (TPSA) is 21.3 Å². The molecular weight excluding hydrogens is 246 g/mol. The molecular formula is C18H23NO. The van der Waals surface area contributed by atoms with Crippen molar-refractivity contribution in [1.82, 2.24) is 5.32 Å². The van der Waals surface area contributed by atoms with Crippen molar-refractivity contribution in [2.24, 2.45) is 23.7 Å². The van der Waals surface area contributed by atoms with E-state index < -0.39 is 0 Å². The molecule has 0 aliphatic heterocycles. The summed E-state index contributed by atoms with van der Waals surface area (Å²) >= 11 is 0. The van der Waals surface area contributed by atoms with Crippen LogP contribution in [0.4, 0.5) is 0 Å². The number of ether oxygens (including phenoxy) is 1. The molecule has 0 heterocycles. The van der Waals surface area contributed by atoms with Crippen molar-refractivity contribution in [2.45, 2.75) is 31.8 Å². The number of nitrogens with one attached hydrogen (secondary N) is 1. The van der Waals surface area contributed by atoms with Crippen LogP contribution >= 0.6 is 0 Å². The van der Waals surface area contributed by atoms with Crippen molar-refractivity contribution in [3.63, 3.8) is 0 Å². The summed E-state index contributed by atoms with van der Waals surface area (Å²) in [5.74, 6) is 4.67. The van der Waals surface area contributed by atoms with Gasteiger partial charge < -0.3 is 10.1 Å². The van der Waals surface area contributed by atoms with E-state index in [-0.39, 0.29) is 0 Å². The Kier molecular flexibility index (Phi) is 3.07. The second-order valence-corrected chi connectivity index (χ2v) is 6.64. The molecule has 106 valence electrons. The van der Waals surface area contributed by atoms with Crippen LogP contribution in [0, 0.1) is 23.7 Å². The fourth-order valence-corrected chi connectivity index (χ4v) is 4.82. The van der Waals surface area contributed by atoms with Crippen LogP contribution in [0.1, 0.15) is 24.8 Å². The zero-order chi connectivity index (χ0) is 13.5. The van der Waals surface area contributed by atoms with Gasteiger partial charge in [0.25, 0.3) is 0 Å². The third-order valence-electron chi connectivity index (χ3n) is 5.71. The van der Waals surface area contributed by atoms with Crippen LogP contribution in [-0.2, 0) is 6.54 Å². The molecule has 0 spiro atoms. The lowest BCUT2D eigenvalue weighted by Gasteiger charge is -2.32. The van der Waals surface area contributed by atoms with E-state index in [1.54, 1.807) is 7.11 Å². The summed E-state index contributed by atoms with van der Waals surface area (Å²) in [5, 5.41) is 3.81. The summed E-state index contributed by atoms with van der Waals surface area (Å²) in [6.45, 7) is 0.968. The summed E-state index contributed by atoms with van der Waals surface area (Å²) < 4.78 is 5.30. The van der Waals surface area contributed by atoms with E-state index in [0.717, 1.165) is 42.0 Å². The number of methoxy groups -OCH3 is 1. The van der Waals surface area contributed by atoms with Crippen molar-refractivity contribution < 1.29 is 4.74 Å². The van der Waals surface area contributed by atoms with Crippen LogP contribution in [0.5, 0.6) is 5.75 Å². The Morgan fingerprint density at radius 2 is 2.20 bits per heavy atom. The molecule has 20 heavy (non-hydrogen) atoms. The highest BCUT2D eigenvalue weighted by Gasteiger charge is 2.52. The van der Waals surface area contributed by atoms with Gasteiger partial charge >= 0.3 is 0 Å². The van der Waals surface area contributed by atoms with E-state index in [4.69, 9.17) is 4.74 Å². The van der Waals surface area contributed by atoms with Gasteiger partial charge in [0.2, 0.25) is 0 Å². The molecule has 3 aliphatic rings. The van der Waals surface area contributed by atoms with Gasteiger partial charge in [-0.3, -0.25) is 0 Å². The number of rotatable bonds is 4. The summed E-state index contributed by atoms with van der Waals surface area (Å²) in [7, 11) is 1.73. The lowest BCUT2D eigenvalue weighted by Crippen LogP contribution is -2.39. The molecule has 0 amide bonds. The lowest BCUT2D eigenvalue weighted by molar-refractivity contribution is 0.225. The molecule has 0 radical (unpaired) electrons. The maximum absolute atomic E-state index is 5.30. The molecule has 5 atom stereocenters.